The summed E-state index contributed by atoms with van der Waals surface area (Å²) in [5, 5.41) is 8.09. The summed E-state index contributed by atoms with van der Waals surface area (Å²) in [6.07, 6.45) is -3.72. The first-order valence-electron chi connectivity index (χ1n) is 10.4. The summed E-state index contributed by atoms with van der Waals surface area (Å²) in [5.41, 5.74) is 1.90. The van der Waals surface area contributed by atoms with Gasteiger partial charge in [-0.2, -0.15) is 10.1 Å². The maximum atomic E-state index is 12.3. The predicted molar refractivity (Wildman–Crippen MR) is 122 cm³/mol. The molecule has 4 rings (SSSR count). The highest BCUT2D eigenvalue weighted by Crippen LogP contribution is 2.26. The molecule has 0 aliphatic carbocycles. The number of aromatic nitrogens is 4. The molecule has 0 saturated heterocycles. The van der Waals surface area contributed by atoms with Crippen molar-refractivity contribution in [1.29, 1.82) is 0 Å². The van der Waals surface area contributed by atoms with E-state index in [0.29, 0.717) is 5.56 Å². The molecule has 188 valence electrons. The number of aldehydes is 1. The summed E-state index contributed by atoms with van der Waals surface area (Å²) in [4.78, 5) is 27.2. The largest absolute Gasteiger partial charge is 0.573 e. The first-order chi connectivity index (χ1) is 17.2. The molecule has 2 aromatic heterocycles. The Morgan fingerprint density at radius 2 is 1.72 bits per heavy atom. The quantitative estimate of drug-likeness (QED) is 0.350. The van der Waals surface area contributed by atoms with Crippen LogP contribution in [0.4, 0.5) is 13.2 Å². The normalized spacial score (nSPS) is 10.9. The van der Waals surface area contributed by atoms with Crippen LogP contribution < -0.4 is 10.3 Å². The van der Waals surface area contributed by atoms with Crippen molar-refractivity contribution < 1.29 is 32.0 Å². The average molecular weight is 502 g/mol. The first kappa shape index (κ1) is 26.3. The van der Waals surface area contributed by atoms with Gasteiger partial charge in [0.1, 0.15) is 17.7 Å². The minimum Gasteiger partial charge on any atom is -0.406 e. The van der Waals surface area contributed by atoms with E-state index in [2.05, 4.69) is 24.7 Å². The van der Waals surface area contributed by atoms with Gasteiger partial charge in [0.2, 0.25) is 5.82 Å². The van der Waals surface area contributed by atoms with Crippen LogP contribution >= 0.6 is 0 Å². The van der Waals surface area contributed by atoms with E-state index < -0.39 is 6.36 Å². The monoisotopic (exact) mass is 502 g/mol. The number of alkyl halides is 3. The summed E-state index contributed by atoms with van der Waals surface area (Å²) in [7, 11) is 3.25. The van der Waals surface area contributed by atoms with Crippen LogP contribution in [-0.4, -0.2) is 46.8 Å². The molecule has 0 bridgehead atoms. The van der Waals surface area contributed by atoms with Crippen LogP contribution in [-0.2, 0) is 22.5 Å². The Morgan fingerprint density at radius 1 is 1.03 bits per heavy atom. The van der Waals surface area contributed by atoms with Gasteiger partial charge in [0.25, 0.3) is 11.4 Å². The molecule has 0 saturated carbocycles. The number of benzene rings is 2. The van der Waals surface area contributed by atoms with E-state index in [1.807, 2.05) is 18.2 Å². The minimum atomic E-state index is -4.79. The third kappa shape index (κ3) is 7.34. The van der Waals surface area contributed by atoms with Gasteiger partial charge in [-0.25, -0.2) is 4.68 Å². The van der Waals surface area contributed by atoms with Crippen molar-refractivity contribution in [2.24, 2.45) is 0 Å². The molecule has 2 aromatic carbocycles. The van der Waals surface area contributed by atoms with Crippen LogP contribution in [0.15, 0.2) is 70.0 Å². The molecule has 0 unspecified atom stereocenters. The van der Waals surface area contributed by atoms with E-state index in [4.69, 9.17) is 4.52 Å². The molecule has 0 N–H and O–H groups in total. The molecule has 36 heavy (non-hydrogen) atoms. The van der Waals surface area contributed by atoms with Crippen LogP contribution in [0.2, 0.25) is 0 Å². The van der Waals surface area contributed by atoms with Gasteiger partial charge >= 0.3 is 6.36 Å². The average Bonchev–Trinajstić information content (AvgIpc) is 3.31. The van der Waals surface area contributed by atoms with Crippen LogP contribution in [0.25, 0.3) is 23.0 Å². The molecule has 4 aromatic rings. The molecule has 0 aliphatic heterocycles. The van der Waals surface area contributed by atoms with Crippen molar-refractivity contribution in [1.82, 2.24) is 19.9 Å². The van der Waals surface area contributed by atoms with Crippen LogP contribution in [0.1, 0.15) is 11.1 Å². The van der Waals surface area contributed by atoms with Gasteiger partial charge in [-0.05, 0) is 41.5 Å². The second kappa shape index (κ2) is 11.9. The zero-order chi connectivity index (χ0) is 26.1. The van der Waals surface area contributed by atoms with Crippen molar-refractivity contribution in [3.63, 3.8) is 0 Å². The molecule has 0 spiro atoms. The number of ether oxygens (including phenoxy) is 2. The summed E-state index contributed by atoms with van der Waals surface area (Å²) in [6.45, 7) is 0.168. The van der Waals surface area contributed by atoms with Crippen LogP contribution in [0.3, 0.4) is 0 Å². The smallest absolute Gasteiger partial charge is 0.406 e. The molecule has 12 heteroatoms. The maximum Gasteiger partial charge on any atom is 0.573 e. The van der Waals surface area contributed by atoms with Crippen molar-refractivity contribution in [2.45, 2.75) is 19.3 Å². The summed E-state index contributed by atoms with van der Waals surface area (Å²) in [5.74, 6) is -0.213. The van der Waals surface area contributed by atoms with Gasteiger partial charge in [-0.15, -0.1) is 13.2 Å². The Labute approximate surface area is 203 Å². The first-order valence-corrected chi connectivity index (χ1v) is 10.4. The highest BCUT2D eigenvalue weighted by molar-refractivity contribution is 5.58. The van der Waals surface area contributed by atoms with Crippen molar-refractivity contribution in [3.8, 4) is 28.7 Å². The van der Waals surface area contributed by atoms with Crippen molar-refractivity contribution >= 4 is 6.29 Å². The van der Waals surface area contributed by atoms with Crippen LogP contribution in [0, 0.1) is 0 Å². The van der Waals surface area contributed by atoms with E-state index >= 15 is 0 Å². The standard InChI is InChI=1S/C22H15F3N4O4.C2H6O/c23-22(24,25)32-17-6-4-16(5-7-17)20-26-21(33-28-20)18-8-9-19(31)29(27-18)13-15-3-1-2-14(12-15)10-11-30;1-3-2/h1-9,11-12H,10,13H2;1-2H3. The molecular weight excluding hydrogens is 481 g/mol. The third-order valence-electron chi connectivity index (χ3n) is 4.50. The fourth-order valence-corrected chi connectivity index (χ4v) is 3.05. The molecule has 2 heterocycles. The lowest BCUT2D eigenvalue weighted by Gasteiger charge is -2.08. The van der Waals surface area contributed by atoms with E-state index in [9.17, 15) is 22.8 Å². The number of nitrogens with zero attached hydrogens (tertiary/aromatic N) is 4. The molecular formula is C24H21F3N4O5. The number of methoxy groups -OCH3 is 1. The van der Waals surface area contributed by atoms with Gasteiger partial charge < -0.3 is 18.8 Å². The lowest BCUT2D eigenvalue weighted by molar-refractivity contribution is -0.274. The number of carbonyl (C=O) groups is 1. The summed E-state index contributed by atoms with van der Waals surface area (Å²) in [6, 6.07) is 15.0. The fourth-order valence-electron chi connectivity index (χ4n) is 3.05. The van der Waals surface area contributed by atoms with Gasteiger partial charge in [0.05, 0.1) is 6.54 Å². The van der Waals surface area contributed by atoms with E-state index in [0.717, 1.165) is 29.5 Å². The zero-order valence-corrected chi connectivity index (χ0v) is 19.2. The Bertz CT molecular complexity index is 1350. The number of hydrogen-bond donors (Lipinski definition) is 0. The molecule has 0 atom stereocenters. The minimum absolute atomic E-state index is 0.0315. The van der Waals surface area contributed by atoms with Crippen molar-refractivity contribution in [3.05, 3.63) is 82.1 Å². The third-order valence-corrected chi connectivity index (χ3v) is 4.50. The highest BCUT2D eigenvalue weighted by Gasteiger charge is 2.31. The van der Waals surface area contributed by atoms with E-state index in [-0.39, 0.29) is 41.7 Å². The van der Waals surface area contributed by atoms with Crippen molar-refractivity contribution in [2.75, 3.05) is 14.2 Å². The summed E-state index contributed by atoms with van der Waals surface area (Å²) >= 11 is 0. The Morgan fingerprint density at radius 3 is 2.39 bits per heavy atom. The summed E-state index contributed by atoms with van der Waals surface area (Å²) < 4.78 is 51.4. The maximum absolute atomic E-state index is 12.3. The zero-order valence-electron chi connectivity index (χ0n) is 19.2. The Hall–Kier alpha value is -4.32. The Balaban J connectivity index is 0.00000115. The van der Waals surface area contributed by atoms with E-state index in [1.165, 1.54) is 28.9 Å². The lowest BCUT2D eigenvalue weighted by atomic mass is 10.1. The molecule has 0 amide bonds. The fraction of sp³-hybridized carbons (Fsp3) is 0.208. The van der Waals surface area contributed by atoms with E-state index in [1.54, 1.807) is 20.3 Å². The molecule has 0 aliphatic rings. The number of rotatable bonds is 7. The second-order valence-corrected chi connectivity index (χ2v) is 7.31. The van der Waals surface area contributed by atoms with Gasteiger partial charge in [0.15, 0.2) is 0 Å². The Kier molecular flexibility index (Phi) is 8.68. The molecule has 9 nitrogen and oxygen atoms in total. The lowest BCUT2D eigenvalue weighted by Crippen LogP contribution is -2.22. The molecule has 0 radical (unpaired) electrons. The van der Waals surface area contributed by atoms with Crippen LogP contribution in [0.5, 0.6) is 5.75 Å². The number of carbonyl (C=O) groups excluding carboxylic acids is 1. The number of hydrogen-bond acceptors (Lipinski definition) is 8. The predicted octanol–water partition coefficient (Wildman–Crippen LogP) is 3.91. The highest BCUT2D eigenvalue weighted by atomic mass is 19.4. The van der Waals surface area contributed by atoms with Gasteiger partial charge in [-0.1, -0.05) is 29.4 Å². The number of halogens is 3. The molecule has 0 fully saturated rings. The van der Waals surface area contributed by atoms with Gasteiger partial charge in [0, 0.05) is 32.3 Å². The topological polar surface area (TPSA) is 109 Å². The second-order valence-electron chi connectivity index (χ2n) is 7.31. The van der Waals surface area contributed by atoms with Gasteiger partial charge in [-0.3, -0.25) is 4.79 Å². The SMILES string of the molecule is COC.O=CCc1cccc(Cn2nc(-c3nc(-c4ccc(OC(F)(F)F)cc4)no3)ccc2=O)c1.